The molecule has 0 radical (unpaired) electrons. The summed E-state index contributed by atoms with van der Waals surface area (Å²) in [7, 11) is 1.47. The number of hydrogen-bond donors (Lipinski definition) is 1. The second-order valence-electron chi connectivity index (χ2n) is 7.42. The smallest absolute Gasteiger partial charge is 0.301 e. The number of aromatic nitrogens is 2. The quantitative estimate of drug-likeness (QED) is 0.337. The van der Waals surface area contributed by atoms with Gasteiger partial charge in [0.2, 0.25) is 24.5 Å². The van der Waals surface area contributed by atoms with E-state index in [1.54, 1.807) is 30.3 Å². The van der Waals surface area contributed by atoms with E-state index in [0.717, 1.165) is 11.3 Å². The molecule has 1 atom stereocenters. The van der Waals surface area contributed by atoms with Gasteiger partial charge in [0, 0.05) is 5.56 Å². The highest BCUT2D eigenvalue weighted by molar-refractivity contribution is 7.13. The second-order valence-corrected chi connectivity index (χ2v) is 8.23. The summed E-state index contributed by atoms with van der Waals surface area (Å²) in [5.74, 6) is 0.00990. The van der Waals surface area contributed by atoms with E-state index < -0.39 is 17.7 Å². The lowest BCUT2D eigenvalue weighted by atomic mass is 9.94. The number of fused-ring (bicyclic) bond motifs is 2. The van der Waals surface area contributed by atoms with E-state index in [2.05, 4.69) is 10.2 Å². The standard InChI is InChI=1S/C22H15N3O8S/c1-29-14-5-11(6-15-20(14)33-9-32-15)17-16(19(27)21(28)25(17)22-24-23-7-34-22)18(26)10-2-3-12-13(4-10)31-8-30-12/h2-7,17,26H,8-9H2,1H3/b18-16+. The molecule has 11 nitrogen and oxygen atoms in total. The lowest BCUT2D eigenvalue weighted by Gasteiger charge is -2.23. The molecule has 6 rings (SSSR count). The van der Waals surface area contributed by atoms with Gasteiger partial charge in [-0.3, -0.25) is 14.5 Å². The van der Waals surface area contributed by atoms with E-state index in [-0.39, 0.29) is 35.6 Å². The Bertz CT molecular complexity index is 1370. The average molecular weight is 481 g/mol. The molecule has 4 heterocycles. The molecule has 0 bridgehead atoms. The maximum absolute atomic E-state index is 13.2. The van der Waals surface area contributed by atoms with Crippen molar-refractivity contribution in [2.75, 3.05) is 25.6 Å². The van der Waals surface area contributed by atoms with Crippen molar-refractivity contribution in [1.82, 2.24) is 10.2 Å². The number of carbonyl (C=O) groups excluding carboxylic acids is 2. The minimum Gasteiger partial charge on any atom is -0.507 e. The molecule has 1 saturated heterocycles. The fraction of sp³-hybridized carbons (Fsp3) is 0.182. The first-order valence-corrected chi connectivity index (χ1v) is 10.9. The number of ketones is 1. The van der Waals surface area contributed by atoms with Crippen LogP contribution in [0.15, 0.2) is 41.4 Å². The Kier molecular flexibility index (Phi) is 4.55. The van der Waals surface area contributed by atoms with Gasteiger partial charge in [0.15, 0.2) is 23.0 Å². The zero-order chi connectivity index (χ0) is 23.4. The summed E-state index contributed by atoms with van der Waals surface area (Å²) in [6, 6.07) is 7.00. The SMILES string of the molecule is COc1cc(C2/C(=C(\O)c3ccc4c(c3)OCO4)C(=O)C(=O)N2c2nncs2)cc2c1OCO2. The molecule has 3 aliphatic rings. The molecular weight excluding hydrogens is 466 g/mol. The van der Waals surface area contributed by atoms with Crippen LogP contribution in [0.4, 0.5) is 5.13 Å². The summed E-state index contributed by atoms with van der Waals surface area (Å²) in [6.07, 6.45) is 0. The number of carbonyl (C=O) groups is 2. The Morgan fingerprint density at radius 1 is 1.09 bits per heavy atom. The van der Waals surface area contributed by atoms with Crippen molar-refractivity contribution in [2.24, 2.45) is 0 Å². The Morgan fingerprint density at radius 2 is 1.88 bits per heavy atom. The van der Waals surface area contributed by atoms with E-state index in [1.807, 2.05) is 0 Å². The number of methoxy groups -OCH3 is 1. The van der Waals surface area contributed by atoms with E-state index in [0.29, 0.717) is 34.3 Å². The van der Waals surface area contributed by atoms with Crippen molar-refractivity contribution < 1.29 is 38.4 Å². The number of rotatable bonds is 4. The van der Waals surface area contributed by atoms with Gasteiger partial charge in [-0.2, -0.15) is 0 Å². The van der Waals surface area contributed by atoms with E-state index in [9.17, 15) is 14.7 Å². The van der Waals surface area contributed by atoms with Gasteiger partial charge < -0.3 is 28.8 Å². The van der Waals surface area contributed by atoms with Gasteiger partial charge in [-0.05, 0) is 35.9 Å². The van der Waals surface area contributed by atoms with Crippen molar-refractivity contribution in [3.8, 4) is 28.7 Å². The molecule has 0 saturated carbocycles. The van der Waals surface area contributed by atoms with E-state index in [4.69, 9.17) is 23.7 Å². The molecule has 0 aliphatic carbocycles. The summed E-state index contributed by atoms with van der Waals surface area (Å²) < 4.78 is 27.1. The van der Waals surface area contributed by atoms with Crippen LogP contribution in [0.5, 0.6) is 28.7 Å². The van der Waals surface area contributed by atoms with Crippen LogP contribution in [0.1, 0.15) is 17.2 Å². The number of hydrogen-bond acceptors (Lipinski definition) is 11. The summed E-state index contributed by atoms with van der Waals surface area (Å²) in [4.78, 5) is 27.6. The predicted molar refractivity (Wildman–Crippen MR) is 116 cm³/mol. The molecule has 3 aliphatic heterocycles. The number of Topliss-reactive ketones (excluding diaryl/α,β-unsaturated/α-hetero) is 1. The number of anilines is 1. The predicted octanol–water partition coefficient (Wildman–Crippen LogP) is 2.63. The molecule has 2 aromatic carbocycles. The summed E-state index contributed by atoms with van der Waals surface area (Å²) in [5.41, 5.74) is 2.07. The van der Waals surface area contributed by atoms with Crippen molar-refractivity contribution in [3.63, 3.8) is 0 Å². The van der Waals surface area contributed by atoms with E-state index >= 15 is 0 Å². The van der Waals surface area contributed by atoms with Gasteiger partial charge in [0.1, 0.15) is 11.3 Å². The largest absolute Gasteiger partial charge is 0.507 e. The molecule has 1 amide bonds. The Morgan fingerprint density at radius 3 is 2.68 bits per heavy atom. The van der Waals surface area contributed by atoms with Crippen molar-refractivity contribution in [2.45, 2.75) is 6.04 Å². The number of nitrogens with zero attached hydrogens (tertiary/aromatic N) is 3. The Hall–Kier alpha value is -4.32. The highest BCUT2D eigenvalue weighted by atomic mass is 32.1. The first-order chi connectivity index (χ1) is 16.6. The van der Waals surface area contributed by atoms with Crippen LogP contribution >= 0.6 is 11.3 Å². The van der Waals surface area contributed by atoms with Crippen LogP contribution in [0.3, 0.4) is 0 Å². The molecule has 0 spiro atoms. The van der Waals surface area contributed by atoms with Crippen LogP contribution in [0.2, 0.25) is 0 Å². The minimum absolute atomic E-state index is 0.00291. The average Bonchev–Trinajstić information content (AvgIpc) is 3.65. The Labute approximate surface area is 195 Å². The number of benzene rings is 2. The molecule has 1 N–H and O–H groups in total. The molecule has 1 aromatic heterocycles. The first kappa shape index (κ1) is 20.3. The fourth-order valence-corrected chi connectivity index (χ4v) is 4.71. The highest BCUT2D eigenvalue weighted by Gasteiger charge is 2.49. The summed E-state index contributed by atoms with van der Waals surface area (Å²) >= 11 is 1.09. The third-order valence-electron chi connectivity index (χ3n) is 5.64. The number of aliphatic hydroxyl groups excluding tert-OH is 1. The van der Waals surface area contributed by atoms with Crippen molar-refractivity contribution in [1.29, 1.82) is 0 Å². The fourth-order valence-electron chi connectivity index (χ4n) is 4.12. The second kappa shape index (κ2) is 7.63. The van der Waals surface area contributed by atoms with Crippen LogP contribution in [-0.2, 0) is 9.59 Å². The van der Waals surface area contributed by atoms with Gasteiger partial charge in [0.25, 0.3) is 5.78 Å². The van der Waals surface area contributed by atoms with Gasteiger partial charge in [-0.25, -0.2) is 0 Å². The normalized spacial score (nSPS) is 19.7. The van der Waals surface area contributed by atoms with Crippen LogP contribution < -0.4 is 28.6 Å². The number of amides is 1. The molecule has 3 aromatic rings. The third-order valence-corrected chi connectivity index (χ3v) is 6.33. The molecule has 1 fully saturated rings. The molecule has 12 heteroatoms. The van der Waals surface area contributed by atoms with Crippen LogP contribution in [-0.4, -0.2) is 47.7 Å². The zero-order valence-electron chi connectivity index (χ0n) is 17.5. The van der Waals surface area contributed by atoms with Crippen LogP contribution in [0, 0.1) is 0 Å². The maximum atomic E-state index is 13.2. The molecule has 1 unspecified atom stereocenters. The van der Waals surface area contributed by atoms with Crippen molar-refractivity contribution >= 4 is 33.9 Å². The summed E-state index contributed by atoms with van der Waals surface area (Å²) in [5, 5.41) is 19.3. The molecule has 34 heavy (non-hydrogen) atoms. The number of ether oxygens (including phenoxy) is 5. The third kappa shape index (κ3) is 2.95. The van der Waals surface area contributed by atoms with Crippen molar-refractivity contribution in [3.05, 3.63) is 52.5 Å². The van der Waals surface area contributed by atoms with Gasteiger partial charge in [0.05, 0.1) is 18.7 Å². The lowest BCUT2D eigenvalue weighted by molar-refractivity contribution is -0.132. The highest BCUT2D eigenvalue weighted by Crippen LogP contribution is 2.49. The zero-order valence-corrected chi connectivity index (χ0v) is 18.3. The first-order valence-electron chi connectivity index (χ1n) is 10.0. The van der Waals surface area contributed by atoms with Gasteiger partial charge in [-0.15, -0.1) is 10.2 Å². The maximum Gasteiger partial charge on any atom is 0.301 e. The number of aliphatic hydroxyl groups is 1. The lowest BCUT2D eigenvalue weighted by Crippen LogP contribution is -2.29. The summed E-state index contributed by atoms with van der Waals surface area (Å²) in [6.45, 7) is 0.0565. The topological polar surface area (TPSA) is 130 Å². The molecular formula is C22H15N3O8S. The molecule has 172 valence electrons. The van der Waals surface area contributed by atoms with Crippen LogP contribution in [0.25, 0.3) is 5.76 Å². The van der Waals surface area contributed by atoms with Gasteiger partial charge >= 0.3 is 5.91 Å². The van der Waals surface area contributed by atoms with Gasteiger partial charge in [-0.1, -0.05) is 11.3 Å². The minimum atomic E-state index is -1.03. The van der Waals surface area contributed by atoms with E-state index in [1.165, 1.54) is 17.5 Å². The Balaban J connectivity index is 1.56. The monoisotopic (exact) mass is 481 g/mol.